The molecule has 0 bridgehead atoms. The Morgan fingerprint density at radius 2 is 1.16 bits per heavy atom. The molecule has 0 amide bonds. The van der Waals surface area contributed by atoms with Crippen molar-refractivity contribution in [1.29, 1.82) is 0 Å². The first-order valence-electron chi connectivity index (χ1n) is 9.91. The third-order valence-electron chi connectivity index (χ3n) is 4.59. The fourth-order valence-electron chi connectivity index (χ4n) is 3.14. The van der Waals surface area contributed by atoms with Crippen LogP contribution in [-0.4, -0.2) is 23.4 Å². The average molecular weight is 353 g/mol. The quantitative estimate of drug-likeness (QED) is 0.343. The fraction of sp³-hybridized carbons (Fsp3) is 0.714. The summed E-state index contributed by atoms with van der Waals surface area (Å²) in [5.41, 5.74) is 1.46. The molecule has 0 unspecified atom stereocenters. The SMILES string of the molecule is CCCCCCCCCCc1c(C)c(O)c(OCC)c(OCC)c1O. The molecule has 0 saturated heterocycles. The molecule has 1 rings (SSSR count). The third-order valence-corrected chi connectivity index (χ3v) is 4.59. The molecule has 0 radical (unpaired) electrons. The monoisotopic (exact) mass is 352 g/mol. The molecule has 4 nitrogen and oxygen atoms in total. The molecule has 0 heterocycles. The van der Waals surface area contributed by atoms with E-state index in [4.69, 9.17) is 9.47 Å². The van der Waals surface area contributed by atoms with Gasteiger partial charge in [-0.3, -0.25) is 0 Å². The van der Waals surface area contributed by atoms with Gasteiger partial charge < -0.3 is 19.7 Å². The topological polar surface area (TPSA) is 58.9 Å². The number of hydrogen-bond acceptors (Lipinski definition) is 4. The van der Waals surface area contributed by atoms with Gasteiger partial charge in [0.25, 0.3) is 0 Å². The Labute approximate surface area is 153 Å². The molecule has 2 N–H and O–H groups in total. The molecule has 0 aromatic heterocycles. The maximum absolute atomic E-state index is 10.6. The maximum atomic E-state index is 10.6. The Balaban J connectivity index is 2.70. The van der Waals surface area contributed by atoms with Crippen molar-refractivity contribution in [3.63, 3.8) is 0 Å². The average Bonchev–Trinajstić information content (AvgIpc) is 2.61. The van der Waals surface area contributed by atoms with Crippen molar-refractivity contribution in [2.45, 2.75) is 85.5 Å². The summed E-state index contributed by atoms with van der Waals surface area (Å²) in [7, 11) is 0. The van der Waals surface area contributed by atoms with Crippen LogP contribution in [0.3, 0.4) is 0 Å². The first-order valence-corrected chi connectivity index (χ1v) is 9.91. The van der Waals surface area contributed by atoms with Crippen LogP contribution in [0, 0.1) is 6.92 Å². The highest BCUT2D eigenvalue weighted by Crippen LogP contribution is 2.49. The number of hydrogen-bond donors (Lipinski definition) is 2. The van der Waals surface area contributed by atoms with E-state index in [0.717, 1.165) is 24.8 Å². The molecule has 0 saturated carbocycles. The van der Waals surface area contributed by atoms with Crippen LogP contribution < -0.4 is 9.47 Å². The second-order valence-corrected chi connectivity index (χ2v) is 6.55. The highest BCUT2D eigenvalue weighted by molar-refractivity contribution is 5.65. The van der Waals surface area contributed by atoms with Gasteiger partial charge in [0.15, 0.2) is 11.5 Å². The summed E-state index contributed by atoms with van der Waals surface area (Å²) in [6, 6.07) is 0. The van der Waals surface area contributed by atoms with E-state index in [1.54, 1.807) is 0 Å². The lowest BCUT2D eigenvalue weighted by Gasteiger charge is -2.19. The van der Waals surface area contributed by atoms with Gasteiger partial charge in [-0.25, -0.2) is 0 Å². The first-order chi connectivity index (χ1) is 12.1. The number of aromatic hydroxyl groups is 2. The summed E-state index contributed by atoms with van der Waals surface area (Å²) in [5, 5.41) is 21.1. The molecule has 0 atom stereocenters. The number of unbranched alkanes of at least 4 members (excludes halogenated alkanes) is 7. The molecular formula is C21H36O4. The van der Waals surface area contributed by atoms with E-state index in [-0.39, 0.29) is 23.0 Å². The van der Waals surface area contributed by atoms with Crippen molar-refractivity contribution < 1.29 is 19.7 Å². The van der Waals surface area contributed by atoms with Crippen molar-refractivity contribution in [2.24, 2.45) is 0 Å². The van der Waals surface area contributed by atoms with E-state index in [1.807, 2.05) is 20.8 Å². The Bertz CT molecular complexity index is 511. The minimum atomic E-state index is 0.0812. The second kappa shape index (κ2) is 11.9. The molecule has 0 spiro atoms. The van der Waals surface area contributed by atoms with Gasteiger partial charge in [-0.1, -0.05) is 51.9 Å². The Morgan fingerprint density at radius 3 is 1.68 bits per heavy atom. The smallest absolute Gasteiger partial charge is 0.207 e. The Hall–Kier alpha value is -1.58. The van der Waals surface area contributed by atoms with Crippen molar-refractivity contribution in [3.05, 3.63) is 11.1 Å². The third kappa shape index (κ3) is 6.33. The summed E-state index contributed by atoms with van der Waals surface area (Å²) in [4.78, 5) is 0. The zero-order chi connectivity index (χ0) is 18.7. The lowest BCUT2D eigenvalue weighted by Crippen LogP contribution is -2.03. The fourth-order valence-corrected chi connectivity index (χ4v) is 3.14. The lowest BCUT2D eigenvalue weighted by molar-refractivity contribution is 0.262. The summed E-state index contributed by atoms with van der Waals surface area (Å²) < 4.78 is 11.0. The van der Waals surface area contributed by atoms with Crippen LogP contribution in [0.4, 0.5) is 0 Å². The highest BCUT2D eigenvalue weighted by Gasteiger charge is 2.23. The van der Waals surface area contributed by atoms with Gasteiger partial charge in [0.2, 0.25) is 11.5 Å². The van der Waals surface area contributed by atoms with Crippen LogP contribution in [-0.2, 0) is 6.42 Å². The van der Waals surface area contributed by atoms with E-state index in [1.165, 1.54) is 38.5 Å². The maximum Gasteiger partial charge on any atom is 0.207 e. The minimum Gasteiger partial charge on any atom is -0.504 e. The van der Waals surface area contributed by atoms with Gasteiger partial charge in [-0.05, 0) is 33.6 Å². The molecule has 1 aromatic carbocycles. The van der Waals surface area contributed by atoms with E-state index in [9.17, 15) is 10.2 Å². The van der Waals surface area contributed by atoms with E-state index in [0.29, 0.717) is 18.8 Å². The van der Waals surface area contributed by atoms with Gasteiger partial charge in [0, 0.05) is 11.1 Å². The second-order valence-electron chi connectivity index (χ2n) is 6.55. The summed E-state index contributed by atoms with van der Waals surface area (Å²) in [6.07, 6.45) is 10.7. The predicted molar refractivity (Wildman–Crippen MR) is 103 cm³/mol. The highest BCUT2D eigenvalue weighted by atomic mass is 16.5. The van der Waals surface area contributed by atoms with Crippen LogP contribution in [0.5, 0.6) is 23.0 Å². The van der Waals surface area contributed by atoms with Crippen LogP contribution in [0.2, 0.25) is 0 Å². The number of ether oxygens (including phenoxy) is 2. The molecular weight excluding hydrogens is 316 g/mol. The summed E-state index contributed by atoms with van der Waals surface area (Å²) >= 11 is 0. The Morgan fingerprint density at radius 1 is 0.680 bits per heavy atom. The van der Waals surface area contributed by atoms with Crippen molar-refractivity contribution in [2.75, 3.05) is 13.2 Å². The standard InChI is InChI=1S/C21H36O4/c1-5-8-9-10-11-12-13-14-15-17-16(4)18(22)20(24-6-2)21(19(17)23)25-7-3/h22-23H,5-15H2,1-4H3. The lowest BCUT2D eigenvalue weighted by atomic mass is 9.98. The van der Waals surface area contributed by atoms with Crippen LogP contribution in [0.15, 0.2) is 0 Å². The minimum absolute atomic E-state index is 0.0812. The predicted octanol–water partition coefficient (Wildman–Crippen LogP) is 5.89. The molecule has 25 heavy (non-hydrogen) atoms. The largest absolute Gasteiger partial charge is 0.504 e. The van der Waals surface area contributed by atoms with Gasteiger partial charge in [-0.2, -0.15) is 0 Å². The van der Waals surface area contributed by atoms with Gasteiger partial charge in [0.1, 0.15) is 0 Å². The number of phenols is 2. The van der Waals surface area contributed by atoms with Crippen molar-refractivity contribution in [1.82, 2.24) is 0 Å². The normalized spacial score (nSPS) is 10.9. The van der Waals surface area contributed by atoms with Crippen LogP contribution >= 0.6 is 0 Å². The molecule has 0 aliphatic heterocycles. The number of phenolic OH excluding ortho intramolecular Hbond substituents is 2. The molecule has 4 heteroatoms. The van der Waals surface area contributed by atoms with E-state index < -0.39 is 0 Å². The van der Waals surface area contributed by atoms with Gasteiger partial charge in [-0.15, -0.1) is 0 Å². The van der Waals surface area contributed by atoms with Crippen LogP contribution in [0.25, 0.3) is 0 Å². The molecule has 1 aromatic rings. The van der Waals surface area contributed by atoms with Gasteiger partial charge >= 0.3 is 0 Å². The first kappa shape index (κ1) is 21.5. The Kier molecular flexibility index (Phi) is 10.2. The zero-order valence-corrected chi connectivity index (χ0v) is 16.5. The van der Waals surface area contributed by atoms with Crippen molar-refractivity contribution >= 4 is 0 Å². The summed E-state index contributed by atoms with van der Waals surface area (Å²) in [6.45, 7) is 8.57. The molecule has 144 valence electrons. The van der Waals surface area contributed by atoms with Crippen LogP contribution in [0.1, 0.15) is 83.3 Å². The molecule has 0 fully saturated rings. The zero-order valence-electron chi connectivity index (χ0n) is 16.5. The van der Waals surface area contributed by atoms with Crippen molar-refractivity contribution in [3.8, 4) is 23.0 Å². The number of benzene rings is 1. The number of rotatable bonds is 13. The van der Waals surface area contributed by atoms with E-state index in [2.05, 4.69) is 6.92 Å². The molecule has 0 aliphatic carbocycles. The van der Waals surface area contributed by atoms with Gasteiger partial charge in [0.05, 0.1) is 13.2 Å². The van der Waals surface area contributed by atoms with E-state index >= 15 is 0 Å². The molecule has 0 aliphatic rings. The summed E-state index contributed by atoms with van der Waals surface area (Å²) in [5.74, 6) is 0.710.